The second-order valence-corrected chi connectivity index (χ2v) is 9.00. The zero-order valence-electron chi connectivity index (χ0n) is 19.9. The number of hydrazone groups is 1. The van der Waals surface area contributed by atoms with E-state index in [-0.39, 0.29) is 12.2 Å². The summed E-state index contributed by atoms with van der Waals surface area (Å²) in [4.78, 5) is 4.54. The molecule has 1 fully saturated rings. The van der Waals surface area contributed by atoms with Gasteiger partial charge in [0.1, 0.15) is 24.5 Å². The highest BCUT2D eigenvalue weighted by molar-refractivity contribution is 5.68. The van der Waals surface area contributed by atoms with E-state index in [1.807, 2.05) is 28.9 Å². The predicted octanol–water partition coefficient (Wildman–Crippen LogP) is 6.71. The molecular formula is C27H25F4N5O. The monoisotopic (exact) mass is 511 g/mol. The van der Waals surface area contributed by atoms with Gasteiger partial charge < -0.3 is 4.74 Å². The van der Waals surface area contributed by atoms with Crippen molar-refractivity contribution >= 4 is 12.0 Å². The van der Waals surface area contributed by atoms with E-state index in [0.717, 1.165) is 53.5 Å². The minimum absolute atomic E-state index is 0.146. The topological polar surface area (TPSA) is 73.7 Å². The minimum Gasteiger partial charge on any atom is -0.489 e. The van der Waals surface area contributed by atoms with Gasteiger partial charge in [-0.2, -0.15) is 23.4 Å². The number of nitrogens with zero attached hydrogens (tertiary/aromatic N) is 4. The lowest BCUT2D eigenvalue weighted by atomic mass is 9.84. The smallest absolute Gasteiger partial charge is 0.416 e. The molecule has 0 unspecified atom stereocenters. The molecule has 2 aromatic carbocycles. The Morgan fingerprint density at radius 1 is 1.00 bits per heavy atom. The maximum Gasteiger partial charge on any atom is 0.416 e. The van der Waals surface area contributed by atoms with Crippen LogP contribution in [0.15, 0.2) is 66.0 Å². The summed E-state index contributed by atoms with van der Waals surface area (Å²) in [6.45, 7) is -0.302. The summed E-state index contributed by atoms with van der Waals surface area (Å²) in [5.41, 5.74) is 5.36. The summed E-state index contributed by atoms with van der Waals surface area (Å²) in [5.74, 6) is 0.0993. The van der Waals surface area contributed by atoms with E-state index >= 15 is 0 Å². The van der Waals surface area contributed by atoms with Crippen LogP contribution < -0.4 is 10.2 Å². The number of hydrogen-bond acceptors (Lipinski definition) is 5. The van der Waals surface area contributed by atoms with Crippen molar-refractivity contribution in [2.75, 3.05) is 0 Å². The van der Waals surface area contributed by atoms with E-state index in [1.165, 1.54) is 19.3 Å². The summed E-state index contributed by atoms with van der Waals surface area (Å²) in [6.07, 6.45) is 6.55. The largest absolute Gasteiger partial charge is 0.489 e. The highest BCUT2D eigenvalue weighted by Gasteiger charge is 2.31. The number of fused-ring (bicyclic) bond motifs is 1. The lowest BCUT2D eigenvalue weighted by Crippen LogP contribution is -2.12. The van der Waals surface area contributed by atoms with E-state index in [4.69, 9.17) is 4.74 Å². The fourth-order valence-electron chi connectivity index (χ4n) is 4.64. The van der Waals surface area contributed by atoms with E-state index in [0.29, 0.717) is 11.7 Å². The Labute approximate surface area is 211 Å². The van der Waals surface area contributed by atoms with Crippen LogP contribution in [0.25, 0.3) is 16.8 Å². The normalized spacial score (nSPS) is 15.1. The maximum absolute atomic E-state index is 14.0. The average Bonchev–Trinajstić information content (AvgIpc) is 3.72. The van der Waals surface area contributed by atoms with Crippen molar-refractivity contribution in [2.45, 2.75) is 50.8 Å². The van der Waals surface area contributed by atoms with Crippen molar-refractivity contribution < 1.29 is 22.3 Å². The zero-order valence-corrected chi connectivity index (χ0v) is 19.9. The summed E-state index contributed by atoms with van der Waals surface area (Å²) in [7, 11) is 0. The van der Waals surface area contributed by atoms with Crippen LogP contribution in [0.1, 0.15) is 54.8 Å². The molecule has 0 bridgehead atoms. The van der Waals surface area contributed by atoms with Gasteiger partial charge in [0.25, 0.3) is 0 Å². The van der Waals surface area contributed by atoms with Gasteiger partial charge in [-0.15, -0.1) is 0 Å². The molecule has 1 aliphatic carbocycles. The Morgan fingerprint density at radius 3 is 2.41 bits per heavy atom. The molecule has 1 saturated carbocycles. The highest BCUT2D eigenvalue weighted by atomic mass is 19.4. The van der Waals surface area contributed by atoms with Gasteiger partial charge in [0.05, 0.1) is 17.5 Å². The Hall–Kier alpha value is -3.95. The molecule has 4 aromatic rings. The van der Waals surface area contributed by atoms with Crippen molar-refractivity contribution in [3.8, 4) is 16.9 Å². The van der Waals surface area contributed by atoms with Crippen molar-refractivity contribution in [3.05, 3.63) is 83.6 Å². The van der Waals surface area contributed by atoms with Gasteiger partial charge >= 0.3 is 6.18 Å². The molecule has 0 atom stereocenters. The third-order valence-electron chi connectivity index (χ3n) is 6.51. The van der Waals surface area contributed by atoms with Crippen LogP contribution >= 0.6 is 0 Å². The summed E-state index contributed by atoms with van der Waals surface area (Å²) >= 11 is 0. The molecule has 0 amide bonds. The van der Waals surface area contributed by atoms with Crippen LogP contribution in [0.3, 0.4) is 0 Å². The average molecular weight is 512 g/mol. The molecule has 1 N–H and O–H groups in total. The van der Waals surface area contributed by atoms with Gasteiger partial charge in [-0.25, -0.2) is 13.9 Å². The second kappa shape index (κ2) is 10.6. The summed E-state index contributed by atoms with van der Waals surface area (Å²) < 4.78 is 60.3. The molecule has 3 heterocycles. The number of ether oxygens (including phenoxy) is 1. The number of aromatic nitrogens is 3. The molecule has 192 valence electrons. The summed E-state index contributed by atoms with van der Waals surface area (Å²) in [5, 5.41) is 7.88. The fraction of sp³-hybridized carbons (Fsp3) is 0.296. The predicted molar refractivity (Wildman–Crippen MR) is 132 cm³/mol. The molecule has 2 aromatic heterocycles. The molecule has 6 nitrogen and oxygen atoms in total. The van der Waals surface area contributed by atoms with Gasteiger partial charge in [-0.3, -0.25) is 5.43 Å². The van der Waals surface area contributed by atoms with E-state index in [1.54, 1.807) is 24.7 Å². The quantitative estimate of drug-likeness (QED) is 0.302. The number of halogens is 4. The second-order valence-electron chi connectivity index (χ2n) is 9.00. The van der Waals surface area contributed by atoms with Crippen molar-refractivity contribution in [2.24, 2.45) is 5.10 Å². The SMILES string of the molecule is C1=NN1.Fc1ccc(C(F)(F)F)cc1COc1ccc(-c2cnc3ccnn3c2C2CCCCC2)cc1. The van der Waals surface area contributed by atoms with Crippen LogP contribution in [0, 0.1) is 5.82 Å². The number of alkyl halides is 3. The van der Waals surface area contributed by atoms with Gasteiger partial charge in [-0.05, 0) is 48.7 Å². The standard InChI is InChI=1S/C26H23F4N3O.CH2N2/c27-23-11-8-20(26(28,29)30)14-19(23)16-34-21-9-6-17(7-10-21)22-15-31-24-12-13-32-33(24)25(22)18-4-2-1-3-5-18;1-2-3-1/h6-15,18H,1-5,16H2;1H,(H,2,3). The molecule has 0 saturated heterocycles. The lowest BCUT2D eigenvalue weighted by Gasteiger charge is -2.24. The number of benzene rings is 2. The molecule has 10 heteroatoms. The van der Waals surface area contributed by atoms with Crippen LogP contribution in [0.5, 0.6) is 5.75 Å². The number of rotatable bonds is 5. The Balaban J connectivity index is 0.000000872. The van der Waals surface area contributed by atoms with Crippen molar-refractivity contribution in [1.29, 1.82) is 0 Å². The third-order valence-corrected chi connectivity index (χ3v) is 6.51. The highest BCUT2D eigenvalue weighted by Crippen LogP contribution is 2.38. The van der Waals surface area contributed by atoms with Gasteiger partial charge in [0.15, 0.2) is 5.65 Å². The molecule has 0 spiro atoms. The Morgan fingerprint density at radius 2 is 1.73 bits per heavy atom. The first-order chi connectivity index (χ1) is 17.9. The zero-order chi connectivity index (χ0) is 25.8. The maximum atomic E-state index is 14.0. The van der Waals surface area contributed by atoms with Gasteiger partial charge in [-0.1, -0.05) is 31.4 Å². The molecule has 37 heavy (non-hydrogen) atoms. The minimum atomic E-state index is -4.54. The van der Waals surface area contributed by atoms with Gasteiger partial charge in [0, 0.05) is 29.3 Å². The van der Waals surface area contributed by atoms with Crippen LogP contribution in [-0.4, -0.2) is 20.9 Å². The fourth-order valence-corrected chi connectivity index (χ4v) is 4.64. The first kappa shape index (κ1) is 24.7. The van der Waals surface area contributed by atoms with E-state index in [2.05, 4.69) is 20.6 Å². The number of nitrogens with one attached hydrogen (secondary N) is 1. The molecule has 0 radical (unpaired) electrons. The van der Waals surface area contributed by atoms with Crippen LogP contribution in [0.4, 0.5) is 17.6 Å². The van der Waals surface area contributed by atoms with Crippen LogP contribution in [0.2, 0.25) is 0 Å². The van der Waals surface area contributed by atoms with Crippen LogP contribution in [-0.2, 0) is 12.8 Å². The Bertz CT molecular complexity index is 1390. The van der Waals surface area contributed by atoms with Crippen molar-refractivity contribution in [3.63, 3.8) is 0 Å². The molecule has 1 aliphatic heterocycles. The third kappa shape index (κ3) is 5.90. The van der Waals surface area contributed by atoms with E-state index < -0.39 is 17.6 Å². The molecule has 6 rings (SSSR count). The van der Waals surface area contributed by atoms with Gasteiger partial charge in [0.2, 0.25) is 0 Å². The molecular weight excluding hydrogens is 486 g/mol. The lowest BCUT2D eigenvalue weighted by molar-refractivity contribution is -0.137. The van der Waals surface area contributed by atoms with E-state index in [9.17, 15) is 17.6 Å². The first-order valence-corrected chi connectivity index (χ1v) is 12.1. The molecule has 2 aliphatic rings. The summed E-state index contributed by atoms with van der Waals surface area (Å²) in [6, 6.07) is 11.5. The first-order valence-electron chi connectivity index (χ1n) is 12.1. The number of hydrogen-bond donors (Lipinski definition) is 1. The Kier molecular flexibility index (Phi) is 7.07. The van der Waals surface area contributed by atoms with Crippen molar-refractivity contribution in [1.82, 2.24) is 20.0 Å².